The van der Waals surface area contributed by atoms with Crippen molar-refractivity contribution in [2.24, 2.45) is 0 Å². The number of aromatic nitrogens is 1. The summed E-state index contributed by atoms with van der Waals surface area (Å²) in [6, 6.07) is 13.5. The van der Waals surface area contributed by atoms with E-state index in [-0.39, 0.29) is 19.1 Å². The fourth-order valence-electron chi connectivity index (χ4n) is 2.66. The van der Waals surface area contributed by atoms with E-state index in [4.69, 9.17) is 9.47 Å². The van der Waals surface area contributed by atoms with Gasteiger partial charge in [-0.05, 0) is 50.1 Å². The van der Waals surface area contributed by atoms with Crippen molar-refractivity contribution in [1.29, 1.82) is 0 Å². The van der Waals surface area contributed by atoms with Gasteiger partial charge in [0.05, 0.1) is 10.2 Å². The van der Waals surface area contributed by atoms with E-state index < -0.39 is 5.97 Å². The maximum absolute atomic E-state index is 12.5. The van der Waals surface area contributed by atoms with Crippen LogP contribution in [0.3, 0.4) is 0 Å². The smallest absolute Gasteiger partial charge is 0.344 e. The first-order valence-corrected chi connectivity index (χ1v) is 9.81. The first-order valence-electron chi connectivity index (χ1n) is 8.99. The average Bonchev–Trinajstić information content (AvgIpc) is 3.11. The van der Waals surface area contributed by atoms with E-state index in [9.17, 15) is 9.59 Å². The minimum Gasteiger partial charge on any atom is -0.482 e. The standard InChI is InChI=1S/C21H22N2O4S/c1-4-23(21-22-16-7-5-6-8-18(16)28-21)19(24)12-27-20(25)13-26-17-11-14(2)9-10-15(17)3/h5-11H,4,12-13H2,1-3H3. The average molecular weight is 398 g/mol. The number of carbonyl (C=O) groups is 2. The van der Waals surface area contributed by atoms with E-state index >= 15 is 0 Å². The normalized spacial score (nSPS) is 10.7. The molecule has 28 heavy (non-hydrogen) atoms. The third-order valence-corrected chi connectivity index (χ3v) is 5.24. The van der Waals surface area contributed by atoms with Crippen LogP contribution in [0.2, 0.25) is 0 Å². The molecule has 1 aromatic heterocycles. The Balaban J connectivity index is 1.55. The Bertz CT molecular complexity index is 966. The lowest BCUT2D eigenvalue weighted by Crippen LogP contribution is -2.35. The summed E-state index contributed by atoms with van der Waals surface area (Å²) in [5, 5.41) is 0.594. The van der Waals surface area contributed by atoms with Crippen molar-refractivity contribution in [3.05, 3.63) is 53.6 Å². The highest BCUT2D eigenvalue weighted by molar-refractivity contribution is 7.22. The number of aryl methyl sites for hydroxylation is 2. The van der Waals surface area contributed by atoms with E-state index in [2.05, 4.69) is 4.98 Å². The molecule has 146 valence electrons. The highest BCUT2D eigenvalue weighted by Crippen LogP contribution is 2.28. The second-order valence-corrected chi connectivity index (χ2v) is 7.33. The minimum absolute atomic E-state index is 0.245. The summed E-state index contributed by atoms with van der Waals surface area (Å²) in [5.41, 5.74) is 2.81. The third kappa shape index (κ3) is 4.67. The molecule has 2 aromatic carbocycles. The molecule has 0 bridgehead atoms. The van der Waals surface area contributed by atoms with E-state index in [1.54, 1.807) is 0 Å². The molecule has 0 aliphatic heterocycles. The molecule has 0 aliphatic rings. The Hall–Kier alpha value is -2.93. The predicted octanol–water partition coefficient (Wildman–Crippen LogP) is 3.89. The Kier molecular flexibility index (Phi) is 6.26. The monoisotopic (exact) mass is 398 g/mol. The van der Waals surface area contributed by atoms with Gasteiger partial charge in [-0.25, -0.2) is 9.78 Å². The maximum atomic E-state index is 12.5. The molecule has 0 atom stereocenters. The molecule has 1 heterocycles. The highest BCUT2D eigenvalue weighted by Gasteiger charge is 2.19. The van der Waals surface area contributed by atoms with Crippen LogP contribution in [0.25, 0.3) is 10.2 Å². The van der Waals surface area contributed by atoms with Gasteiger partial charge in [0.15, 0.2) is 18.3 Å². The second kappa shape index (κ2) is 8.84. The Morgan fingerprint density at radius 2 is 1.89 bits per heavy atom. The van der Waals surface area contributed by atoms with E-state index in [0.29, 0.717) is 17.4 Å². The molecule has 0 saturated heterocycles. The number of esters is 1. The number of anilines is 1. The summed E-state index contributed by atoms with van der Waals surface area (Å²) < 4.78 is 11.6. The summed E-state index contributed by atoms with van der Waals surface area (Å²) in [5.74, 6) is -0.274. The van der Waals surface area contributed by atoms with Gasteiger partial charge < -0.3 is 9.47 Å². The van der Waals surface area contributed by atoms with Crippen LogP contribution < -0.4 is 9.64 Å². The van der Waals surface area contributed by atoms with Crippen molar-refractivity contribution in [3.63, 3.8) is 0 Å². The minimum atomic E-state index is -0.588. The maximum Gasteiger partial charge on any atom is 0.344 e. The molecule has 7 heteroatoms. The first kappa shape index (κ1) is 19.8. The number of rotatable bonds is 7. The molecule has 6 nitrogen and oxygen atoms in total. The third-order valence-electron chi connectivity index (χ3n) is 4.18. The molecule has 1 amide bonds. The molecule has 0 N–H and O–H groups in total. The lowest BCUT2D eigenvalue weighted by atomic mass is 10.1. The van der Waals surface area contributed by atoms with Crippen LogP contribution in [-0.2, 0) is 14.3 Å². The first-order chi connectivity index (χ1) is 13.5. The zero-order valence-corrected chi connectivity index (χ0v) is 16.9. The van der Waals surface area contributed by atoms with Gasteiger partial charge in [0, 0.05) is 6.54 Å². The summed E-state index contributed by atoms with van der Waals surface area (Å²) in [4.78, 5) is 30.5. The van der Waals surface area contributed by atoms with Crippen LogP contribution >= 0.6 is 11.3 Å². The number of fused-ring (bicyclic) bond motifs is 1. The van der Waals surface area contributed by atoms with Gasteiger partial charge in [0.25, 0.3) is 5.91 Å². The number of benzene rings is 2. The van der Waals surface area contributed by atoms with E-state index in [0.717, 1.165) is 21.3 Å². The van der Waals surface area contributed by atoms with Gasteiger partial charge in [-0.3, -0.25) is 9.69 Å². The van der Waals surface area contributed by atoms with Gasteiger partial charge in [-0.15, -0.1) is 0 Å². The van der Waals surface area contributed by atoms with Crippen LogP contribution in [0.5, 0.6) is 5.75 Å². The Morgan fingerprint density at radius 3 is 2.64 bits per heavy atom. The Morgan fingerprint density at radius 1 is 1.11 bits per heavy atom. The summed E-state index contributed by atoms with van der Waals surface area (Å²) in [6.45, 7) is 5.56. The van der Waals surface area contributed by atoms with Gasteiger partial charge >= 0.3 is 5.97 Å². The van der Waals surface area contributed by atoms with Gasteiger partial charge in [-0.1, -0.05) is 35.6 Å². The molecular formula is C21H22N2O4S. The van der Waals surface area contributed by atoms with Crippen molar-refractivity contribution >= 4 is 38.6 Å². The zero-order valence-electron chi connectivity index (χ0n) is 16.1. The lowest BCUT2D eigenvalue weighted by molar-refractivity contribution is -0.149. The van der Waals surface area contributed by atoms with Crippen molar-refractivity contribution in [2.75, 3.05) is 24.7 Å². The Labute approximate surface area is 167 Å². The zero-order chi connectivity index (χ0) is 20.1. The van der Waals surface area contributed by atoms with Crippen molar-refractivity contribution in [2.45, 2.75) is 20.8 Å². The van der Waals surface area contributed by atoms with Crippen LogP contribution in [0, 0.1) is 13.8 Å². The number of thiazole rings is 1. The molecule has 3 aromatic rings. The number of carbonyl (C=O) groups excluding carboxylic acids is 2. The summed E-state index contributed by atoms with van der Waals surface area (Å²) in [7, 11) is 0. The highest BCUT2D eigenvalue weighted by atomic mass is 32.1. The van der Waals surface area contributed by atoms with E-state index in [1.165, 1.54) is 16.2 Å². The number of amides is 1. The number of para-hydroxylation sites is 1. The quantitative estimate of drug-likeness (QED) is 0.565. The number of hydrogen-bond acceptors (Lipinski definition) is 6. The molecule has 0 saturated carbocycles. The van der Waals surface area contributed by atoms with Crippen LogP contribution in [0.15, 0.2) is 42.5 Å². The SMILES string of the molecule is CCN(C(=O)COC(=O)COc1cc(C)ccc1C)c1nc2ccccc2s1. The van der Waals surface area contributed by atoms with Crippen molar-refractivity contribution in [3.8, 4) is 5.75 Å². The predicted molar refractivity (Wildman–Crippen MR) is 110 cm³/mol. The molecule has 0 unspecified atom stereocenters. The van der Waals surface area contributed by atoms with E-state index in [1.807, 2.05) is 63.2 Å². The molecular weight excluding hydrogens is 376 g/mol. The van der Waals surface area contributed by atoms with Crippen molar-refractivity contribution < 1.29 is 19.1 Å². The molecule has 0 aliphatic carbocycles. The fraction of sp³-hybridized carbons (Fsp3) is 0.286. The molecule has 3 rings (SSSR count). The van der Waals surface area contributed by atoms with Gasteiger partial charge in [-0.2, -0.15) is 0 Å². The van der Waals surface area contributed by atoms with Gasteiger partial charge in [0.2, 0.25) is 0 Å². The van der Waals surface area contributed by atoms with Crippen LogP contribution in [0.1, 0.15) is 18.1 Å². The number of ether oxygens (including phenoxy) is 2. The molecule has 0 radical (unpaired) electrons. The number of nitrogens with zero attached hydrogens (tertiary/aromatic N) is 2. The number of likely N-dealkylation sites (N-methyl/N-ethyl adjacent to an activating group) is 1. The van der Waals surface area contributed by atoms with Gasteiger partial charge in [0.1, 0.15) is 5.75 Å². The molecule has 0 fully saturated rings. The summed E-state index contributed by atoms with van der Waals surface area (Å²) in [6.07, 6.45) is 0. The van der Waals surface area contributed by atoms with Crippen LogP contribution in [-0.4, -0.2) is 36.6 Å². The largest absolute Gasteiger partial charge is 0.482 e. The van der Waals surface area contributed by atoms with Crippen LogP contribution in [0.4, 0.5) is 5.13 Å². The second-order valence-electron chi connectivity index (χ2n) is 6.32. The van der Waals surface area contributed by atoms with Crippen molar-refractivity contribution in [1.82, 2.24) is 4.98 Å². The number of hydrogen-bond donors (Lipinski definition) is 0. The fourth-order valence-corrected chi connectivity index (χ4v) is 3.70. The molecule has 0 spiro atoms. The topological polar surface area (TPSA) is 68.7 Å². The summed E-state index contributed by atoms with van der Waals surface area (Å²) >= 11 is 1.43. The lowest BCUT2D eigenvalue weighted by Gasteiger charge is -2.17.